The number of carbonyl (C=O) groups is 1. The Morgan fingerprint density at radius 2 is 1.79 bits per heavy atom. The van der Waals surface area contributed by atoms with Crippen LogP contribution < -0.4 is 15.8 Å². The summed E-state index contributed by atoms with van der Waals surface area (Å²) >= 11 is 0. The van der Waals surface area contributed by atoms with Crippen molar-refractivity contribution in [2.45, 2.75) is 26.5 Å². The molecule has 7 heteroatoms. The third-order valence-corrected chi connectivity index (χ3v) is 5.85. The second-order valence-electron chi connectivity index (χ2n) is 8.35. The third-order valence-electron chi connectivity index (χ3n) is 5.85. The van der Waals surface area contributed by atoms with Gasteiger partial charge in [0.05, 0.1) is 5.57 Å². The van der Waals surface area contributed by atoms with Crippen molar-refractivity contribution >= 4 is 11.9 Å². The summed E-state index contributed by atoms with van der Waals surface area (Å²) in [5, 5.41) is 7.95. The molecule has 0 radical (unpaired) electrons. The maximum Gasteiger partial charge on any atom is 0.248 e. The van der Waals surface area contributed by atoms with Crippen LogP contribution in [-0.4, -0.2) is 20.7 Å². The molecule has 0 aliphatic carbocycles. The van der Waals surface area contributed by atoms with Crippen molar-refractivity contribution in [2.24, 2.45) is 5.73 Å². The highest BCUT2D eigenvalue weighted by molar-refractivity contribution is 5.95. The van der Waals surface area contributed by atoms with Crippen LogP contribution in [0.5, 0.6) is 5.75 Å². The van der Waals surface area contributed by atoms with Crippen molar-refractivity contribution in [3.63, 3.8) is 0 Å². The Bertz CT molecular complexity index is 1370. The van der Waals surface area contributed by atoms with Crippen LogP contribution in [0.3, 0.4) is 0 Å². The van der Waals surface area contributed by atoms with Gasteiger partial charge in [-0.05, 0) is 37.1 Å². The van der Waals surface area contributed by atoms with E-state index >= 15 is 0 Å². The van der Waals surface area contributed by atoms with Gasteiger partial charge in [0, 0.05) is 11.3 Å². The molecule has 0 saturated heterocycles. The summed E-state index contributed by atoms with van der Waals surface area (Å²) in [6, 6.07) is 25.1. The van der Waals surface area contributed by atoms with Gasteiger partial charge in [-0.25, -0.2) is 4.68 Å². The van der Waals surface area contributed by atoms with E-state index in [1.807, 2.05) is 92.7 Å². The summed E-state index contributed by atoms with van der Waals surface area (Å²) in [4.78, 5) is 17.2. The van der Waals surface area contributed by atoms with Crippen molar-refractivity contribution in [3.8, 4) is 17.1 Å². The number of nitrogens with zero attached hydrogens (tertiary/aromatic N) is 3. The minimum absolute atomic E-state index is 0.438. The highest BCUT2D eigenvalue weighted by Gasteiger charge is 2.33. The van der Waals surface area contributed by atoms with Crippen LogP contribution in [0.4, 0.5) is 5.95 Å². The number of amides is 1. The predicted octanol–water partition coefficient (Wildman–Crippen LogP) is 4.61. The highest BCUT2D eigenvalue weighted by atomic mass is 16.5. The maximum atomic E-state index is 12.5. The zero-order valence-electron chi connectivity index (χ0n) is 19.0. The van der Waals surface area contributed by atoms with Gasteiger partial charge in [0.25, 0.3) is 0 Å². The van der Waals surface area contributed by atoms with E-state index in [4.69, 9.17) is 20.6 Å². The molecule has 3 aromatic carbocycles. The molecule has 0 bridgehead atoms. The van der Waals surface area contributed by atoms with Crippen molar-refractivity contribution in [3.05, 3.63) is 107 Å². The molecule has 1 atom stereocenters. The molecule has 3 N–H and O–H groups in total. The number of hydrogen-bond donors (Lipinski definition) is 2. The Balaban J connectivity index is 1.53. The molecule has 0 fully saturated rings. The molecule has 5 rings (SSSR count). The number of aromatic nitrogens is 3. The second-order valence-corrected chi connectivity index (χ2v) is 8.35. The van der Waals surface area contributed by atoms with E-state index in [2.05, 4.69) is 5.32 Å². The van der Waals surface area contributed by atoms with Crippen LogP contribution in [0.15, 0.2) is 90.1 Å². The fraction of sp³-hybridized carbons (Fsp3) is 0.148. The number of hydrogen-bond acceptors (Lipinski definition) is 5. The molecular formula is C27H25N5O2. The number of fused-ring (bicyclic) bond motifs is 1. The number of anilines is 1. The fourth-order valence-corrected chi connectivity index (χ4v) is 4.12. The van der Waals surface area contributed by atoms with E-state index in [1.165, 1.54) is 0 Å². The number of aryl methyl sites for hydroxylation is 1. The Morgan fingerprint density at radius 1 is 1.03 bits per heavy atom. The van der Waals surface area contributed by atoms with Crippen molar-refractivity contribution < 1.29 is 9.53 Å². The first-order valence-electron chi connectivity index (χ1n) is 11.1. The molecule has 34 heavy (non-hydrogen) atoms. The van der Waals surface area contributed by atoms with Crippen molar-refractivity contribution in [1.29, 1.82) is 0 Å². The van der Waals surface area contributed by atoms with Crippen LogP contribution in [0, 0.1) is 6.92 Å². The van der Waals surface area contributed by atoms with E-state index in [-0.39, 0.29) is 0 Å². The van der Waals surface area contributed by atoms with Crippen LogP contribution in [-0.2, 0) is 11.4 Å². The fourth-order valence-electron chi connectivity index (χ4n) is 4.12. The average Bonchev–Trinajstić information content (AvgIpc) is 3.26. The summed E-state index contributed by atoms with van der Waals surface area (Å²) in [5.41, 5.74) is 10.9. The van der Waals surface area contributed by atoms with Crippen LogP contribution in [0.25, 0.3) is 11.4 Å². The van der Waals surface area contributed by atoms with Gasteiger partial charge in [0.15, 0.2) is 5.82 Å². The van der Waals surface area contributed by atoms with Crippen LogP contribution >= 0.6 is 0 Å². The number of allylic oxidation sites excluding steroid dienone is 1. The van der Waals surface area contributed by atoms with Gasteiger partial charge in [-0.15, -0.1) is 5.10 Å². The van der Waals surface area contributed by atoms with Gasteiger partial charge in [-0.1, -0.05) is 72.3 Å². The molecule has 7 nitrogen and oxygen atoms in total. The lowest BCUT2D eigenvalue weighted by Crippen LogP contribution is -2.31. The summed E-state index contributed by atoms with van der Waals surface area (Å²) in [7, 11) is 0. The monoisotopic (exact) mass is 451 g/mol. The van der Waals surface area contributed by atoms with Gasteiger partial charge < -0.3 is 15.8 Å². The van der Waals surface area contributed by atoms with Crippen LogP contribution in [0.1, 0.15) is 29.7 Å². The van der Waals surface area contributed by atoms with Gasteiger partial charge in [-0.3, -0.25) is 4.79 Å². The van der Waals surface area contributed by atoms with Gasteiger partial charge in [0.2, 0.25) is 11.9 Å². The van der Waals surface area contributed by atoms with Crippen molar-refractivity contribution in [1.82, 2.24) is 14.8 Å². The molecule has 170 valence electrons. The Labute approximate surface area is 197 Å². The van der Waals surface area contributed by atoms with E-state index in [0.29, 0.717) is 35.4 Å². The number of nitrogens with two attached hydrogens (primary N) is 1. The molecular weight excluding hydrogens is 426 g/mol. The number of primary amides is 1. The van der Waals surface area contributed by atoms with Crippen LogP contribution in [0.2, 0.25) is 0 Å². The lowest BCUT2D eigenvalue weighted by Gasteiger charge is -2.27. The molecule has 4 aromatic rings. The largest absolute Gasteiger partial charge is 0.489 e. The lowest BCUT2D eigenvalue weighted by molar-refractivity contribution is -0.115. The SMILES string of the molecule is CC1=C(C(N)=O)C(c2cccc(OCc3ccccc3)c2)n2nc(-c3ccc(C)cc3)nc2N1. The lowest BCUT2D eigenvalue weighted by atomic mass is 9.95. The zero-order chi connectivity index (χ0) is 23.7. The second kappa shape index (κ2) is 8.86. The maximum absolute atomic E-state index is 12.5. The molecule has 2 heterocycles. The number of benzene rings is 3. The van der Waals surface area contributed by atoms with E-state index in [9.17, 15) is 4.79 Å². The molecule has 0 spiro atoms. The molecule has 1 aromatic heterocycles. The molecule has 1 aliphatic heterocycles. The predicted molar refractivity (Wildman–Crippen MR) is 131 cm³/mol. The normalized spacial score (nSPS) is 14.9. The Morgan fingerprint density at radius 3 is 2.53 bits per heavy atom. The topological polar surface area (TPSA) is 95.1 Å². The Kier molecular flexibility index (Phi) is 5.59. The standard InChI is InChI=1S/C27H25N5O2/c1-17-11-13-20(14-12-17)26-30-27-29-18(2)23(25(28)33)24(32(27)31-26)21-9-6-10-22(15-21)34-16-19-7-4-3-5-8-19/h3-15,24H,16H2,1-2H3,(H2,28,33)(H,29,30,31). The van der Waals surface area contributed by atoms with E-state index in [1.54, 1.807) is 4.68 Å². The molecule has 1 unspecified atom stereocenters. The minimum Gasteiger partial charge on any atom is -0.489 e. The summed E-state index contributed by atoms with van der Waals surface area (Å²) in [6.07, 6.45) is 0. The molecule has 0 saturated carbocycles. The van der Waals surface area contributed by atoms with Gasteiger partial charge in [0.1, 0.15) is 18.4 Å². The highest BCUT2D eigenvalue weighted by Crippen LogP contribution is 2.37. The number of carbonyl (C=O) groups excluding carboxylic acids is 1. The van der Waals surface area contributed by atoms with Crippen molar-refractivity contribution in [2.75, 3.05) is 5.32 Å². The first-order chi connectivity index (χ1) is 16.5. The minimum atomic E-state index is -0.527. The average molecular weight is 452 g/mol. The summed E-state index contributed by atoms with van der Waals surface area (Å²) in [5.74, 6) is 1.31. The smallest absolute Gasteiger partial charge is 0.248 e. The zero-order valence-corrected chi connectivity index (χ0v) is 19.0. The Hall–Kier alpha value is -4.39. The number of nitrogens with one attached hydrogen (secondary N) is 1. The van der Waals surface area contributed by atoms with E-state index in [0.717, 1.165) is 22.3 Å². The number of ether oxygens (including phenoxy) is 1. The first-order valence-corrected chi connectivity index (χ1v) is 11.1. The van der Waals surface area contributed by atoms with Gasteiger partial charge >= 0.3 is 0 Å². The molecule has 1 aliphatic rings. The van der Waals surface area contributed by atoms with Gasteiger partial charge in [-0.2, -0.15) is 4.98 Å². The van der Waals surface area contributed by atoms with E-state index < -0.39 is 11.9 Å². The summed E-state index contributed by atoms with van der Waals surface area (Å²) in [6.45, 7) is 4.30. The summed E-state index contributed by atoms with van der Waals surface area (Å²) < 4.78 is 7.75. The number of rotatable bonds is 6. The third kappa shape index (κ3) is 4.15. The quantitative estimate of drug-likeness (QED) is 0.447. The molecule has 1 amide bonds. The first kappa shape index (κ1) is 21.5.